The highest BCUT2D eigenvalue weighted by Crippen LogP contribution is 2.43. The van der Waals surface area contributed by atoms with E-state index >= 15 is 0 Å². The lowest BCUT2D eigenvalue weighted by Gasteiger charge is -2.53. The molecule has 6 saturated heterocycles. The predicted molar refractivity (Wildman–Crippen MR) is 441 cm³/mol. The van der Waals surface area contributed by atoms with E-state index < -0.39 is 309 Å². The van der Waals surface area contributed by atoms with Crippen molar-refractivity contribution < 1.29 is 198 Å². The number of nitrogens with one attached hydrogen (secondary N) is 4. The summed E-state index contributed by atoms with van der Waals surface area (Å²) in [7, 11) is 0. The van der Waals surface area contributed by atoms with Crippen molar-refractivity contribution in [2.75, 3.05) is 52.9 Å². The van der Waals surface area contributed by atoms with Gasteiger partial charge in [0.2, 0.25) is 23.6 Å². The van der Waals surface area contributed by atoms with Gasteiger partial charge in [0.1, 0.15) is 141 Å². The summed E-state index contributed by atoms with van der Waals surface area (Å²) in [6, 6.07) is -7.34. The van der Waals surface area contributed by atoms with Gasteiger partial charge in [0.15, 0.2) is 25.2 Å². The first-order chi connectivity index (χ1) is 61.1. The number of allylic oxidation sites excluding steroid dienone is 1. The minimum Gasteiger partial charge on any atom is -0.477 e. The van der Waals surface area contributed by atoms with Crippen LogP contribution in [-0.2, 0) is 85.6 Å². The molecule has 6 aliphatic heterocycles. The van der Waals surface area contributed by atoms with Crippen molar-refractivity contribution in [3.8, 4) is 0 Å². The summed E-state index contributed by atoms with van der Waals surface area (Å²) in [4.78, 5) is 80.5. The molecular weight excluding hydrogens is 1700 g/mol. The van der Waals surface area contributed by atoms with Crippen LogP contribution in [0.3, 0.4) is 0 Å². The van der Waals surface area contributed by atoms with Crippen LogP contribution >= 0.6 is 0 Å². The van der Waals surface area contributed by atoms with E-state index in [0.717, 1.165) is 78.1 Å². The van der Waals surface area contributed by atoms with E-state index in [-0.39, 0.29) is 6.42 Å². The van der Waals surface area contributed by atoms with Gasteiger partial charge in [-0.3, -0.25) is 19.2 Å². The maximum absolute atomic E-state index is 14.4. The first-order valence-corrected chi connectivity index (χ1v) is 45.4. The Bertz CT molecular complexity index is 3220. The average molecular weight is 1850 g/mol. The molecule has 0 spiro atoms. The molecule has 26 N–H and O–H groups in total. The standard InChI is InChI=1S/C84H148N4O40/c1-5-7-9-11-13-15-17-19-20-22-24-26-28-30-32-34-57(102)87-47(48(98)33-31-29-27-25-23-21-18-16-14-12-10-8-6-2)44-117-78-69(111)67(109)71(55(41-93)120-78)122-80-70(112)76(72(56(42-94)121-80)123-77-61(86-46(4)97)73(64(106)53(39-91)118-77)124-79-68(110)66(108)63(105)52(38-90)119-79)128-84(82(115)116)36-49(99)59(85-45(3)96)75(127-84)65(107)54(40-92)125-83(81(113)114)35-50(100)60(88-58(103)43-95)74(126-83)62(104)51(101)37-89/h31,33,47-56,59-80,89-95,98-101,104-112H,5-30,32,34-44H2,1-4H3,(H,85,96)(H,86,97)(H,87,102)(H,88,103)(H,113,114)(H,115,116)/t47?,48?,49-,50-,51+,52+,53+,54+,55+,56+,59+,60+,61+,62+,63-,64-,65+,66-,67+,68+,69+,70+,71+,72-,73+,74+,75+,76+,77-,78+,79-,80-,83+,84-/m0/s1. The van der Waals surface area contributed by atoms with Crippen molar-refractivity contribution in [3.05, 3.63) is 12.2 Å². The Balaban J connectivity index is 1.34. The van der Waals surface area contributed by atoms with Gasteiger partial charge in [-0.25, -0.2) is 9.59 Å². The fourth-order valence-electron chi connectivity index (χ4n) is 16.9. The Morgan fingerprint density at radius 2 is 0.859 bits per heavy atom. The van der Waals surface area contributed by atoms with E-state index in [1.54, 1.807) is 6.08 Å². The molecule has 34 atom stereocenters. The highest BCUT2D eigenvalue weighted by atomic mass is 16.8. The first kappa shape index (κ1) is 112. The fraction of sp³-hybridized carbons (Fsp3) is 0.905. The first-order valence-electron chi connectivity index (χ1n) is 45.4. The Kier molecular flexibility index (Phi) is 50.1. The number of carboxylic acid groups (broad SMARTS) is 2. The third kappa shape index (κ3) is 32.5. The Morgan fingerprint density at radius 1 is 0.430 bits per heavy atom. The molecule has 0 saturated carbocycles. The zero-order valence-corrected chi connectivity index (χ0v) is 73.7. The number of rotatable bonds is 60. The van der Waals surface area contributed by atoms with Crippen molar-refractivity contribution in [2.24, 2.45) is 0 Å². The van der Waals surface area contributed by atoms with E-state index in [2.05, 4.69) is 35.1 Å². The number of ether oxygens (including phenoxy) is 12. The van der Waals surface area contributed by atoms with E-state index in [1.165, 1.54) is 102 Å². The van der Waals surface area contributed by atoms with Crippen LogP contribution in [0, 0.1) is 0 Å². The van der Waals surface area contributed by atoms with Crippen LogP contribution in [0.1, 0.15) is 220 Å². The number of hydrogen-bond acceptors (Lipinski definition) is 38. The number of carbonyl (C=O) groups is 6. The van der Waals surface area contributed by atoms with Crippen LogP contribution in [-0.4, -0.2) is 408 Å². The average Bonchev–Trinajstić information content (AvgIpc) is 0.745. The third-order valence-corrected chi connectivity index (χ3v) is 24.2. The summed E-state index contributed by atoms with van der Waals surface area (Å²) < 4.78 is 72.1. The van der Waals surface area contributed by atoms with Crippen LogP contribution in [0.25, 0.3) is 0 Å². The van der Waals surface area contributed by atoms with Gasteiger partial charge >= 0.3 is 11.9 Å². The van der Waals surface area contributed by atoms with E-state index in [4.69, 9.17) is 56.8 Å². The SMILES string of the molecule is CCCCCCCCCCCCCC=CC(O)C(CO[C@@H]1O[C@H](CO)[C@@H](O[C@@H]2O[C@H](CO)[C@H](O[C@@H]3O[C@H](CO)[C@H](O)[C@H](O[C@@H]4O[C@H](CO)[C@H](O)[C@H](O)[C@H]4O)[C@H]3NC(C)=O)[C@H](O[C@]3(C(=O)O)C[C@H](O)[C@@H](NC(C)=O)[C@H]([C@H](O)[C@@H](CO)O[C@]4(C(=O)O)C[C@H](O)[C@@H](NC(=O)CO)[C@H]([C@H](O)[C@H](O)CO)O4)O3)[C@H]2O)[C@H](O)[C@H]1O)NC(=O)CCCCCCCCCCCCCCCCC. The van der Waals surface area contributed by atoms with E-state index in [0.29, 0.717) is 12.8 Å². The van der Waals surface area contributed by atoms with Crippen molar-refractivity contribution in [2.45, 2.75) is 428 Å². The van der Waals surface area contributed by atoms with Crippen LogP contribution < -0.4 is 21.3 Å². The van der Waals surface area contributed by atoms with Crippen LogP contribution in [0.2, 0.25) is 0 Å². The van der Waals surface area contributed by atoms with Crippen molar-refractivity contribution in [1.82, 2.24) is 21.3 Å². The molecule has 0 bridgehead atoms. The van der Waals surface area contributed by atoms with Gasteiger partial charge in [0.25, 0.3) is 11.6 Å². The number of carboxylic acids is 2. The summed E-state index contributed by atoms with van der Waals surface area (Å²) in [5, 5.41) is 257. The lowest BCUT2D eigenvalue weighted by atomic mass is 9.87. The molecule has 744 valence electrons. The lowest BCUT2D eigenvalue weighted by molar-refractivity contribution is -0.404. The molecule has 0 aromatic heterocycles. The van der Waals surface area contributed by atoms with Gasteiger partial charge in [-0.1, -0.05) is 180 Å². The molecular formula is C84H148N4O40. The topological polar surface area (TPSA) is 706 Å². The summed E-state index contributed by atoms with van der Waals surface area (Å²) >= 11 is 0. The van der Waals surface area contributed by atoms with Gasteiger partial charge in [-0.15, -0.1) is 0 Å². The second-order valence-corrected chi connectivity index (χ2v) is 34.3. The molecule has 44 heteroatoms. The molecule has 0 aliphatic carbocycles. The Hall–Kier alpha value is -4.72. The summed E-state index contributed by atoms with van der Waals surface area (Å²) in [5.41, 5.74) is 0. The van der Waals surface area contributed by atoms with Crippen molar-refractivity contribution in [1.29, 1.82) is 0 Å². The normalized spacial score (nSPS) is 34.9. The second kappa shape index (κ2) is 57.2. The number of unbranched alkanes of at least 4 members (excludes halogenated alkanes) is 25. The number of carbonyl (C=O) groups excluding carboxylic acids is 4. The number of amides is 4. The zero-order chi connectivity index (χ0) is 94.5. The van der Waals surface area contributed by atoms with E-state index in [1.807, 2.05) is 0 Å². The van der Waals surface area contributed by atoms with Gasteiger partial charge < -0.3 is 190 Å². The molecule has 2 unspecified atom stereocenters. The highest BCUT2D eigenvalue weighted by molar-refractivity contribution is 5.79. The fourth-order valence-corrected chi connectivity index (χ4v) is 16.9. The van der Waals surface area contributed by atoms with Crippen molar-refractivity contribution in [3.63, 3.8) is 0 Å². The summed E-state index contributed by atoms with van der Waals surface area (Å²) in [6.07, 6.45) is -33.0. The third-order valence-electron chi connectivity index (χ3n) is 24.2. The quantitative estimate of drug-likeness (QED) is 0.0200. The van der Waals surface area contributed by atoms with Crippen LogP contribution in [0.15, 0.2) is 12.2 Å². The molecule has 44 nitrogen and oxygen atoms in total. The molecule has 6 heterocycles. The maximum atomic E-state index is 14.4. The lowest BCUT2D eigenvalue weighted by Crippen LogP contribution is -2.73. The molecule has 6 rings (SSSR count). The predicted octanol–water partition coefficient (Wildman–Crippen LogP) is -4.90. The number of hydrogen-bond donors (Lipinski definition) is 26. The monoisotopic (exact) mass is 1850 g/mol. The zero-order valence-electron chi connectivity index (χ0n) is 73.7. The highest BCUT2D eigenvalue weighted by Gasteiger charge is 2.64. The number of aliphatic carboxylic acids is 2. The Labute approximate surface area is 744 Å². The molecule has 6 fully saturated rings. The molecule has 0 aromatic carbocycles. The molecule has 0 aromatic rings. The smallest absolute Gasteiger partial charge is 0.364 e. The minimum atomic E-state index is -3.71. The van der Waals surface area contributed by atoms with Crippen molar-refractivity contribution >= 4 is 35.6 Å². The van der Waals surface area contributed by atoms with Gasteiger partial charge in [-0.05, 0) is 19.3 Å². The summed E-state index contributed by atoms with van der Waals surface area (Å²) in [5.74, 6) is -15.6. The number of aliphatic hydroxyl groups excluding tert-OH is 20. The molecule has 0 radical (unpaired) electrons. The Morgan fingerprint density at radius 3 is 1.37 bits per heavy atom. The van der Waals surface area contributed by atoms with E-state index in [9.17, 15) is 141 Å². The second-order valence-electron chi connectivity index (χ2n) is 34.3. The largest absolute Gasteiger partial charge is 0.477 e. The van der Waals surface area contributed by atoms with Gasteiger partial charge in [0, 0.05) is 33.1 Å². The van der Waals surface area contributed by atoms with Crippen LogP contribution in [0.4, 0.5) is 0 Å². The molecule has 128 heavy (non-hydrogen) atoms. The molecule has 6 aliphatic rings. The van der Waals surface area contributed by atoms with Gasteiger partial charge in [0.05, 0.1) is 82.7 Å². The molecule has 4 amide bonds. The number of aliphatic hydroxyl groups is 20. The van der Waals surface area contributed by atoms with Crippen LogP contribution in [0.5, 0.6) is 0 Å². The maximum Gasteiger partial charge on any atom is 0.364 e. The van der Waals surface area contributed by atoms with Gasteiger partial charge in [-0.2, -0.15) is 0 Å². The minimum absolute atomic E-state index is 0.0809. The summed E-state index contributed by atoms with van der Waals surface area (Å²) in [6.45, 7) is -3.35.